The summed E-state index contributed by atoms with van der Waals surface area (Å²) in [5, 5.41) is 0. The highest BCUT2D eigenvalue weighted by molar-refractivity contribution is 5.68. The van der Waals surface area contributed by atoms with Crippen molar-refractivity contribution < 1.29 is 0 Å². The molecule has 0 aliphatic carbocycles. The molecule has 0 saturated heterocycles. The highest BCUT2D eigenvalue weighted by atomic mass is 15.3. The molecule has 2 aromatic carbocycles. The monoisotopic (exact) mass is 456 g/mol. The molecule has 1 unspecified atom stereocenters. The van der Waals surface area contributed by atoms with Crippen molar-refractivity contribution in [3.05, 3.63) is 76.0 Å². The summed E-state index contributed by atoms with van der Waals surface area (Å²) in [6, 6.07) is 15.4. The fraction of sp³-hybridized carbons (Fsp3) is 0.467. The zero-order valence-electron chi connectivity index (χ0n) is 21.9. The minimum absolute atomic E-state index is 0.528. The molecule has 0 N–H and O–H groups in total. The number of fused-ring (bicyclic) bond motifs is 1. The van der Waals surface area contributed by atoms with Gasteiger partial charge in [0.25, 0.3) is 0 Å². The van der Waals surface area contributed by atoms with E-state index in [-0.39, 0.29) is 0 Å². The molecule has 0 bridgehead atoms. The first-order valence-electron chi connectivity index (χ1n) is 12.9. The first-order valence-corrected chi connectivity index (χ1v) is 12.9. The van der Waals surface area contributed by atoms with Gasteiger partial charge in [0.2, 0.25) is 5.95 Å². The molecule has 2 heterocycles. The van der Waals surface area contributed by atoms with E-state index in [2.05, 4.69) is 93.8 Å². The predicted molar refractivity (Wildman–Crippen MR) is 145 cm³/mol. The molecule has 1 aliphatic heterocycles. The van der Waals surface area contributed by atoms with Gasteiger partial charge >= 0.3 is 0 Å². The van der Waals surface area contributed by atoms with Crippen molar-refractivity contribution in [1.29, 1.82) is 0 Å². The molecule has 1 aliphatic rings. The second-order valence-corrected chi connectivity index (χ2v) is 9.95. The molecule has 0 spiro atoms. The maximum Gasteiger partial charge on any atom is 0.232 e. The molecular formula is C30H40N4. The molecule has 0 radical (unpaired) electrons. The number of nitrogens with zero attached hydrogens (tertiary/aromatic N) is 4. The van der Waals surface area contributed by atoms with Crippen LogP contribution in [0.3, 0.4) is 0 Å². The Bertz CT molecular complexity index is 1100. The Balaban J connectivity index is 1.67. The van der Waals surface area contributed by atoms with Crippen LogP contribution in [-0.2, 0) is 6.42 Å². The van der Waals surface area contributed by atoms with Crippen molar-refractivity contribution >= 4 is 17.5 Å². The van der Waals surface area contributed by atoms with Crippen LogP contribution in [0.1, 0.15) is 72.5 Å². The molecule has 180 valence electrons. The molecule has 0 saturated carbocycles. The lowest BCUT2D eigenvalue weighted by molar-refractivity contribution is 0.630. The second kappa shape index (κ2) is 10.6. The Kier molecular flexibility index (Phi) is 7.55. The molecule has 4 nitrogen and oxygen atoms in total. The third-order valence-corrected chi connectivity index (χ3v) is 7.25. The van der Waals surface area contributed by atoms with Crippen molar-refractivity contribution in [2.45, 2.75) is 73.1 Å². The summed E-state index contributed by atoms with van der Waals surface area (Å²) in [5.41, 5.74) is 8.98. The van der Waals surface area contributed by atoms with E-state index in [1.165, 1.54) is 46.3 Å². The summed E-state index contributed by atoms with van der Waals surface area (Å²) < 4.78 is 0. The van der Waals surface area contributed by atoms with Crippen LogP contribution in [0.5, 0.6) is 0 Å². The van der Waals surface area contributed by atoms with Crippen molar-refractivity contribution in [2.75, 3.05) is 29.4 Å². The smallest absolute Gasteiger partial charge is 0.232 e. The van der Waals surface area contributed by atoms with E-state index in [1.807, 2.05) is 0 Å². The zero-order valence-corrected chi connectivity index (χ0v) is 21.9. The predicted octanol–water partition coefficient (Wildman–Crippen LogP) is 7.20. The summed E-state index contributed by atoms with van der Waals surface area (Å²) in [6.45, 7) is 16.2. The molecule has 4 heteroatoms. The van der Waals surface area contributed by atoms with Gasteiger partial charge in [-0.15, -0.1) is 0 Å². The van der Waals surface area contributed by atoms with E-state index >= 15 is 0 Å². The van der Waals surface area contributed by atoms with E-state index in [9.17, 15) is 0 Å². The van der Waals surface area contributed by atoms with Crippen molar-refractivity contribution in [3.8, 4) is 0 Å². The third-order valence-electron chi connectivity index (χ3n) is 7.25. The summed E-state index contributed by atoms with van der Waals surface area (Å²) in [5.74, 6) is 2.51. The average Bonchev–Trinajstić information content (AvgIpc) is 3.02. The van der Waals surface area contributed by atoms with Gasteiger partial charge < -0.3 is 9.80 Å². The van der Waals surface area contributed by atoms with Crippen molar-refractivity contribution in [1.82, 2.24) is 9.97 Å². The van der Waals surface area contributed by atoms with Gasteiger partial charge in [0, 0.05) is 36.6 Å². The van der Waals surface area contributed by atoms with Crippen LogP contribution < -0.4 is 9.80 Å². The molecular weight excluding hydrogens is 416 g/mol. The lowest BCUT2D eigenvalue weighted by atomic mass is 9.97. The van der Waals surface area contributed by atoms with Crippen LogP contribution in [0.25, 0.3) is 0 Å². The van der Waals surface area contributed by atoms with Gasteiger partial charge in [-0.2, -0.15) is 4.98 Å². The Morgan fingerprint density at radius 3 is 2.35 bits per heavy atom. The van der Waals surface area contributed by atoms with E-state index in [0.717, 1.165) is 49.9 Å². The molecule has 0 fully saturated rings. The molecule has 1 atom stereocenters. The van der Waals surface area contributed by atoms with Crippen LogP contribution in [0, 0.1) is 27.7 Å². The molecule has 1 aromatic heterocycles. The van der Waals surface area contributed by atoms with Gasteiger partial charge in [-0.1, -0.05) is 55.0 Å². The highest BCUT2D eigenvalue weighted by Gasteiger charge is 2.24. The number of aromatic nitrogens is 2. The maximum absolute atomic E-state index is 5.26. The van der Waals surface area contributed by atoms with Gasteiger partial charge in [0.15, 0.2) is 0 Å². The van der Waals surface area contributed by atoms with E-state index in [4.69, 9.17) is 9.97 Å². The minimum atomic E-state index is 0.528. The number of hydrogen-bond acceptors (Lipinski definition) is 4. The topological polar surface area (TPSA) is 32.3 Å². The van der Waals surface area contributed by atoms with Crippen LogP contribution in [0.4, 0.5) is 17.5 Å². The Morgan fingerprint density at radius 1 is 0.971 bits per heavy atom. The summed E-state index contributed by atoms with van der Waals surface area (Å²) in [4.78, 5) is 15.1. The van der Waals surface area contributed by atoms with Gasteiger partial charge in [-0.25, -0.2) is 4.98 Å². The first kappa shape index (κ1) is 24.3. The summed E-state index contributed by atoms with van der Waals surface area (Å²) >= 11 is 0. The SMILES string of the molecule is CCN(c1nc(C)c2c(n1)N(CCC(C)c1ccccc1)CCCC2)c1c(C)cc(C)cc1C. The molecule has 34 heavy (non-hydrogen) atoms. The first-order chi connectivity index (χ1) is 16.4. The van der Waals surface area contributed by atoms with Crippen LogP contribution in [0.2, 0.25) is 0 Å². The van der Waals surface area contributed by atoms with Gasteiger partial charge in [0.05, 0.1) is 0 Å². The van der Waals surface area contributed by atoms with Crippen LogP contribution >= 0.6 is 0 Å². The fourth-order valence-electron chi connectivity index (χ4n) is 5.46. The minimum Gasteiger partial charge on any atom is -0.356 e. The van der Waals surface area contributed by atoms with Gasteiger partial charge in [-0.3, -0.25) is 0 Å². The number of anilines is 3. The summed E-state index contributed by atoms with van der Waals surface area (Å²) in [6.07, 6.45) is 4.60. The van der Waals surface area contributed by atoms with E-state index in [1.54, 1.807) is 0 Å². The lowest BCUT2D eigenvalue weighted by Crippen LogP contribution is -2.29. The van der Waals surface area contributed by atoms with Crippen molar-refractivity contribution in [2.24, 2.45) is 0 Å². The number of aryl methyl sites for hydroxylation is 4. The van der Waals surface area contributed by atoms with Gasteiger partial charge in [0.1, 0.15) is 5.82 Å². The third kappa shape index (κ3) is 5.11. The van der Waals surface area contributed by atoms with E-state index < -0.39 is 0 Å². The maximum atomic E-state index is 5.26. The standard InChI is InChI=1S/C30H40N4/c1-7-34(28-23(4)19-21(2)20-24(28)5)30-31-25(6)27-15-11-12-17-33(29(27)32-30)18-16-22(3)26-13-9-8-10-14-26/h8-10,13-14,19-20,22H,7,11-12,15-18H2,1-6H3. The quantitative estimate of drug-likeness (QED) is 0.376. The largest absolute Gasteiger partial charge is 0.356 e. The Hall–Kier alpha value is -2.88. The summed E-state index contributed by atoms with van der Waals surface area (Å²) in [7, 11) is 0. The number of benzene rings is 2. The fourth-order valence-corrected chi connectivity index (χ4v) is 5.46. The Morgan fingerprint density at radius 2 is 1.68 bits per heavy atom. The van der Waals surface area contributed by atoms with Crippen LogP contribution in [-0.4, -0.2) is 29.6 Å². The zero-order chi connectivity index (χ0) is 24.2. The average molecular weight is 457 g/mol. The van der Waals surface area contributed by atoms with Crippen molar-refractivity contribution in [3.63, 3.8) is 0 Å². The number of hydrogen-bond donors (Lipinski definition) is 0. The highest BCUT2D eigenvalue weighted by Crippen LogP contribution is 2.34. The second-order valence-electron chi connectivity index (χ2n) is 9.95. The van der Waals surface area contributed by atoms with Crippen LogP contribution in [0.15, 0.2) is 42.5 Å². The normalized spacial score (nSPS) is 14.5. The molecule has 4 rings (SSSR count). The molecule has 0 amide bonds. The molecule has 3 aromatic rings. The Labute approximate surface area is 206 Å². The lowest BCUT2D eigenvalue weighted by Gasteiger charge is -2.30. The van der Waals surface area contributed by atoms with E-state index in [0.29, 0.717) is 5.92 Å². The number of rotatable bonds is 7. The van der Waals surface area contributed by atoms with Gasteiger partial charge in [-0.05, 0) is 82.9 Å².